The Balaban J connectivity index is 4.06. The number of esters is 1. The standard InChI is InChI=1S/C45H83NO5/c1-3-5-7-9-11-13-14-15-16-17-18-19-20-21-22-24-26-32-36-40-45(50)51-42(37-33-29-25-23-12-10-8-6-4-2)38-34-30-27-28-31-35-39-43(47)46-41-44(48)49/h23,25,33,37,42H,3-22,24,26-32,34-36,38-41H2,1-2H3,(H,46,47)(H,48,49)/b25-23-,37-33-. The molecular formula is C45H83NO5. The third kappa shape index (κ3) is 40.5. The molecule has 2 N–H and O–H groups in total. The van der Waals surface area contributed by atoms with Gasteiger partial charge in [-0.25, -0.2) is 0 Å². The van der Waals surface area contributed by atoms with Crippen molar-refractivity contribution in [3.05, 3.63) is 24.3 Å². The van der Waals surface area contributed by atoms with Gasteiger partial charge in [0, 0.05) is 12.8 Å². The zero-order chi connectivity index (χ0) is 37.3. The second-order valence-corrected chi connectivity index (χ2v) is 15.0. The van der Waals surface area contributed by atoms with E-state index in [0.29, 0.717) is 12.8 Å². The van der Waals surface area contributed by atoms with Gasteiger partial charge in [-0.2, -0.15) is 0 Å². The van der Waals surface area contributed by atoms with E-state index in [4.69, 9.17) is 9.84 Å². The van der Waals surface area contributed by atoms with Gasteiger partial charge in [0.15, 0.2) is 0 Å². The van der Waals surface area contributed by atoms with Crippen molar-refractivity contribution in [3.63, 3.8) is 0 Å². The van der Waals surface area contributed by atoms with Gasteiger partial charge in [0.1, 0.15) is 12.6 Å². The van der Waals surface area contributed by atoms with Gasteiger partial charge in [0.25, 0.3) is 0 Å². The summed E-state index contributed by atoms with van der Waals surface area (Å²) in [6.45, 7) is 4.21. The molecule has 0 aliphatic heterocycles. The minimum atomic E-state index is -1.02. The first-order valence-electron chi connectivity index (χ1n) is 22.0. The van der Waals surface area contributed by atoms with E-state index in [9.17, 15) is 14.4 Å². The summed E-state index contributed by atoms with van der Waals surface area (Å²) in [7, 11) is 0. The van der Waals surface area contributed by atoms with Crippen molar-refractivity contribution < 1.29 is 24.2 Å². The van der Waals surface area contributed by atoms with Crippen LogP contribution in [0.15, 0.2) is 24.3 Å². The zero-order valence-electron chi connectivity index (χ0n) is 33.7. The van der Waals surface area contributed by atoms with Crippen LogP contribution in [0, 0.1) is 0 Å². The molecule has 0 fully saturated rings. The van der Waals surface area contributed by atoms with E-state index >= 15 is 0 Å². The molecule has 6 heteroatoms. The van der Waals surface area contributed by atoms with Gasteiger partial charge in [-0.3, -0.25) is 14.4 Å². The molecule has 0 heterocycles. The summed E-state index contributed by atoms with van der Waals surface area (Å²) in [6, 6.07) is 0. The molecule has 298 valence electrons. The van der Waals surface area contributed by atoms with Crippen LogP contribution in [0.25, 0.3) is 0 Å². The van der Waals surface area contributed by atoms with Crippen LogP contribution in [0.5, 0.6) is 0 Å². The van der Waals surface area contributed by atoms with Crippen LogP contribution < -0.4 is 5.32 Å². The molecule has 1 atom stereocenters. The van der Waals surface area contributed by atoms with E-state index in [1.165, 1.54) is 135 Å². The molecule has 1 unspecified atom stereocenters. The van der Waals surface area contributed by atoms with Crippen LogP contribution in [0.3, 0.4) is 0 Å². The molecule has 0 aliphatic rings. The third-order valence-electron chi connectivity index (χ3n) is 9.86. The average molecular weight is 718 g/mol. The first-order valence-corrected chi connectivity index (χ1v) is 22.0. The van der Waals surface area contributed by atoms with Gasteiger partial charge < -0.3 is 15.2 Å². The number of rotatable bonds is 40. The van der Waals surface area contributed by atoms with Gasteiger partial charge in [0.2, 0.25) is 5.91 Å². The largest absolute Gasteiger partial charge is 0.480 e. The summed E-state index contributed by atoms with van der Waals surface area (Å²) in [5, 5.41) is 11.1. The molecule has 0 aromatic carbocycles. The number of ether oxygens (including phenoxy) is 1. The maximum Gasteiger partial charge on any atom is 0.322 e. The fourth-order valence-corrected chi connectivity index (χ4v) is 6.58. The Kier molecular flexibility index (Phi) is 39.0. The molecule has 0 aromatic heterocycles. The number of hydrogen-bond acceptors (Lipinski definition) is 4. The number of carboxylic acid groups (broad SMARTS) is 1. The maximum absolute atomic E-state index is 12.7. The van der Waals surface area contributed by atoms with Crippen LogP contribution >= 0.6 is 0 Å². The second-order valence-electron chi connectivity index (χ2n) is 15.0. The number of amides is 1. The Morgan fingerprint density at radius 3 is 1.45 bits per heavy atom. The molecule has 0 bridgehead atoms. The minimum absolute atomic E-state index is 0.0655. The number of carboxylic acids is 1. The highest BCUT2D eigenvalue weighted by molar-refractivity contribution is 5.80. The lowest BCUT2D eigenvalue weighted by Gasteiger charge is -2.14. The quantitative estimate of drug-likeness (QED) is 0.0374. The van der Waals surface area contributed by atoms with E-state index < -0.39 is 5.97 Å². The molecule has 0 saturated carbocycles. The number of aliphatic carboxylic acids is 1. The number of unbranched alkanes of at least 4 members (excludes halogenated alkanes) is 27. The Morgan fingerprint density at radius 2 is 0.961 bits per heavy atom. The molecule has 0 radical (unpaired) electrons. The van der Waals surface area contributed by atoms with E-state index in [-0.39, 0.29) is 24.5 Å². The maximum atomic E-state index is 12.7. The average Bonchev–Trinajstić information content (AvgIpc) is 3.11. The zero-order valence-corrected chi connectivity index (χ0v) is 33.7. The van der Waals surface area contributed by atoms with E-state index in [1.54, 1.807) is 0 Å². The van der Waals surface area contributed by atoms with Crippen molar-refractivity contribution in [2.45, 2.75) is 238 Å². The number of nitrogens with one attached hydrogen (secondary N) is 1. The molecule has 0 aromatic rings. The van der Waals surface area contributed by atoms with Crippen LogP contribution in [-0.4, -0.2) is 35.6 Å². The van der Waals surface area contributed by atoms with Gasteiger partial charge in [0.05, 0.1) is 0 Å². The lowest BCUT2D eigenvalue weighted by atomic mass is 10.0. The molecule has 1 amide bonds. The summed E-state index contributed by atoms with van der Waals surface area (Å²) in [6.07, 6.45) is 49.0. The van der Waals surface area contributed by atoms with Crippen LogP contribution in [-0.2, 0) is 19.1 Å². The third-order valence-corrected chi connectivity index (χ3v) is 9.86. The molecule has 6 nitrogen and oxygen atoms in total. The molecule has 0 spiro atoms. The van der Waals surface area contributed by atoms with Gasteiger partial charge in [-0.1, -0.05) is 193 Å². The second kappa shape index (κ2) is 40.7. The van der Waals surface area contributed by atoms with Gasteiger partial charge >= 0.3 is 11.9 Å². The topological polar surface area (TPSA) is 92.7 Å². The Bertz CT molecular complexity index is 838. The highest BCUT2D eigenvalue weighted by Crippen LogP contribution is 2.17. The van der Waals surface area contributed by atoms with Crippen LogP contribution in [0.2, 0.25) is 0 Å². The van der Waals surface area contributed by atoms with E-state index in [0.717, 1.165) is 70.6 Å². The normalized spacial score (nSPS) is 12.2. The van der Waals surface area contributed by atoms with Crippen molar-refractivity contribution in [1.82, 2.24) is 5.32 Å². The summed E-state index contributed by atoms with van der Waals surface area (Å²) in [4.78, 5) is 34.9. The number of allylic oxidation sites excluding steroid dienone is 3. The van der Waals surface area contributed by atoms with Crippen molar-refractivity contribution >= 4 is 17.8 Å². The fraction of sp³-hybridized carbons (Fsp3) is 0.844. The Morgan fingerprint density at radius 1 is 0.529 bits per heavy atom. The summed E-state index contributed by atoms with van der Waals surface area (Å²) >= 11 is 0. The SMILES string of the molecule is CCCCCC/C=C\C/C=C\C(CCCCCCCCC(=O)NCC(=O)O)OC(=O)CCCCCCCCCCCCCCCCCCCCC. The highest BCUT2D eigenvalue weighted by atomic mass is 16.5. The highest BCUT2D eigenvalue weighted by Gasteiger charge is 2.11. The molecule has 0 rings (SSSR count). The predicted molar refractivity (Wildman–Crippen MR) is 217 cm³/mol. The summed E-state index contributed by atoms with van der Waals surface area (Å²) < 4.78 is 5.93. The molecular weight excluding hydrogens is 634 g/mol. The van der Waals surface area contributed by atoms with Gasteiger partial charge in [-0.05, 0) is 51.0 Å². The van der Waals surface area contributed by atoms with Crippen molar-refractivity contribution in [3.8, 4) is 0 Å². The van der Waals surface area contributed by atoms with Gasteiger partial charge in [-0.15, -0.1) is 0 Å². The number of hydrogen-bond donors (Lipinski definition) is 2. The number of carbonyl (C=O) groups excluding carboxylic acids is 2. The molecule has 0 aliphatic carbocycles. The lowest BCUT2D eigenvalue weighted by molar-refractivity contribution is -0.147. The van der Waals surface area contributed by atoms with Crippen molar-refractivity contribution in [1.29, 1.82) is 0 Å². The summed E-state index contributed by atoms with van der Waals surface area (Å²) in [5.41, 5.74) is 0. The smallest absolute Gasteiger partial charge is 0.322 e. The Labute approximate surface area is 315 Å². The van der Waals surface area contributed by atoms with E-state index in [2.05, 4.69) is 43.5 Å². The molecule has 0 saturated heterocycles. The van der Waals surface area contributed by atoms with Crippen molar-refractivity contribution in [2.75, 3.05) is 6.54 Å². The number of carbonyl (C=O) groups is 3. The van der Waals surface area contributed by atoms with Crippen molar-refractivity contribution in [2.24, 2.45) is 0 Å². The molecule has 51 heavy (non-hydrogen) atoms. The summed E-state index contributed by atoms with van der Waals surface area (Å²) in [5.74, 6) is -1.28. The predicted octanol–water partition coefficient (Wildman–Crippen LogP) is 13.5. The van der Waals surface area contributed by atoms with E-state index in [1.807, 2.05) is 0 Å². The minimum Gasteiger partial charge on any atom is -0.480 e. The monoisotopic (exact) mass is 718 g/mol. The first-order chi connectivity index (χ1) is 25.0. The first kappa shape index (κ1) is 48.9. The Hall–Kier alpha value is -2.11. The van der Waals surface area contributed by atoms with Crippen LogP contribution in [0.1, 0.15) is 232 Å². The fourth-order valence-electron chi connectivity index (χ4n) is 6.58. The lowest BCUT2D eigenvalue weighted by Crippen LogP contribution is -2.28. The van der Waals surface area contributed by atoms with Crippen LogP contribution in [0.4, 0.5) is 0 Å².